The first-order chi connectivity index (χ1) is 9.38. The summed E-state index contributed by atoms with van der Waals surface area (Å²) in [6.07, 6.45) is -3.37. The number of rotatable bonds is 4. The van der Waals surface area contributed by atoms with E-state index in [2.05, 4.69) is 25.5 Å². The van der Waals surface area contributed by atoms with Crippen LogP contribution in [-0.4, -0.2) is 26.1 Å². The van der Waals surface area contributed by atoms with Gasteiger partial charge < -0.3 is 11.1 Å². The minimum absolute atomic E-state index is 0.0224. The number of halogens is 3. The fraction of sp³-hybridized carbons (Fsp3) is 0.200. The van der Waals surface area contributed by atoms with Crippen LogP contribution in [0.25, 0.3) is 0 Å². The molecule has 106 valence electrons. The molecule has 0 saturated heterocycles. The van der Waals surface area contributed by atoms with Gasteiger partial charge in [-0.15, -0.1) is 0 Å². The highest BCUT2D eigenvalue weighted by Crippen LogP contribution is 2.29. The Kier molecular flexibility index (Phi) is 3.55. The van der Waals surface area contributed by atoms with Crippen molar-refractivity contribution in [1.82, 2.24) is 20.2 Å². The van der Waals surface area contributed by atoms with Gasteiger partial charge in [-0.25, -0.2) is 9.97 Å². The summed E-state index contributed by atoms with van der Waals surface area (Å²) in [6.45, 7) is 0.0224. The van der Waals surface area contributed by atoms with Gasteiger partial charge in [0, 0.05) is 0 Å². The van der Waals surface area contributed by atoms with E-state index in [0.29, 0.717) is 11.9 Å². The zero-order valence-electron chi connectivity index (χ0n) is 9.90. The first-order valence-electron chi connectivity index (χ1n) is 5.34. The number of carbonyl (C=O) groups excluding carboxylic acids is 1. The van der Waals surface area contributed by atoms with Crippen LogP contribution in [0.15, 0.2) is 18.5 Å². The molecule has 2 aromatic rings. The van der Waals surface area contributed by atoms with E-state index in [1.807, 2.05) is 0 Å². The second kappa shape index (κ2) is 5.15. The zero-order chi connectivity index (χ0) is 14.8. The maximum absolute atomic E-state index is 12.6. The van der Waals surface area contributed by atoms with Crippen molar-refractivity contribution in [2.75, 3.05) is 5.32 Å². The largest absolute Gasteiger partial charge is 0.433 e. The number of amides is 1. The van der Waals surface area contributed by atoms with Gasteiger partial charge in [0.1, 0.15) is 23.7 Å². The molecule has 0 aliphatic rings. The predicted molar refractivity (Wildman–Crippen MR) is 61.5 cm³/mol. The van der Waals surface area contributed by atoms with E-state index in [0.717, 1.165) is 6.07 Å². The van der Waals surface area contributed by atoms with E-state index in [1.54, 1.807) is 0 Å². The molecule has 0 unspecified atom stereocenters. The Morgan fingerprint density at radius 2 is 2.15 bits per heavy atom. The molecule has 0 aliphatic heterocycles. The summed E-state index contributed by atoms with van der Waals surface area (Å²) in [6, 6.07) is 1.67. The van der Waals surface area contributed by atoms with E-state index in [4.69, 9.17) is 5.73 Å². The third-order valence-electron chi connectivity index (χ3n) is 2.34. The van der Waals surface area contributed by atoms with Gasteiger partial charge in [-0.3, -0.25) is 9.89 Å². The number of hydrogen-bond donors (Lipinski definition) is 3. The standard InChI is InChI=1S/C10H9F3N6O/c11-10(12,13)6-2-1-5(8(14)20)9(18-6)15-3-7-16-4-17-19-7/h1-2,4H,3H2,(H2,14,20)(H,15,18)(H,16,17,19). The summed E-state index contributed by atoms with van der Waals surface area (Å²) in [7, 11) is 0. The number of carbonyl (C=O) groups is 1. The van der Waals surface area contributed by atoms with E-state index >= 15 is 0 Å². The second-order valence-corrected chi connectivity index (χ2v) is 3.74. The molecule has 7 nitrogen and oxygen atoms in total. The third-order valence-corrected chi connectivity index (χ3v) is 2.34. The van der Waals surface area contributed by atoms with Gasteiger partial charge in [-0.05, 0) is 12.1 Å². The average molecular weight is 286 g/mol. The monoisotopic (exact) mass is 286 g/mol. The molecule has 1 amide bonds. The quantitative estimate of drug-likeness (QED) is 0.774. The molecule has 4 N–H and O–H groups in total. The zero-order valence-corrected chi connectivity index (χ0v) is 9.90. The Bertz CT molecular complexity index is 610. The lowest BCUT2D eigenvalue weighted by molar-refractivity contribution is -0.141. The molecule has 0 bridgehead atoms. The van der Waals surface area contributed by atoms with Crippen LogP contribution in [-0.2, 0) is 12.7 Å². The van der Waals surface area contributed by atoms with Gasteiger partial charge in [0.15, 0.2) is 0 Å². The van der Waals surface area contributed by atoms with Crippen LogP contribution >= 0.6 is 0 Å². The molecule has 2 heterocycles. The smallest absolute Gasteiger partial charge is 0.365 e. The van der Waals surface area contributed by atoms with Gasteiger partial charge in [-0.2, -0.15) is 18.3 Å². The summed E-state index contributed by atoms with van der Waals surface area (Å²) < 4.78 is 37.7. The lowest BCUT2D eigenvalue weighted by Crippen LogP contribution is -2.18. The summed E-state index contributed by atoms with van der Waals surface area (Å²) in [5.74, 6) is -0.769. The number of aromatic amines is 1. The van der Waals surface area contributed by atoms with Gasteiger partial charge in [0.25, 0.3) is 5.91 Å². The van der Waals surface area contributed by atoms with Gasteiger partial charge in [-0.1, -0.05) is 0 Å². The fourth-order valence-corrected chi connectivity index (χ4v) is 1.43. The highest BCUT2D eigenvalue weighted by atomic mass is 19.4. The van der Waals surface area contributed by atoms with Crippen molar-refractivity contribution in [3.63, 3.8) is 0 Å². The number of nitrogens with two attached hydrogens (primary N) is 1. The van der Waals surface area contributed by atoms with E-state index in [1.165, 1.54) is 6.33 Å². The number of pyridine rings is 1. The van der Waals surface area contributed by atoms with Crippen molar-refractivity contribution in [2.45, 2.75) is 12.7 Å². The molecular weight excluding hydrogens is 277 g/mol. The molecule has 0 spiro atoms. The molecule has 10 heteroatoms. The molecule has 20 heavy (non-hydrogen) atoms. The number of anilines is 1. The third kappa shape index (κ3) is 3.02. The van der Waals surface area contributed by atoms with Crippen molar-refractivity contribution in [3.05, 3.63) is 35.5 Å². The van der Waals surface area contributed by atoms with Crippen molar-refractivity contribution in [3.8, 4) is 0 Å². The molecule has 0 atom stereocenters. The number of nitrogens with one attached hydrogen (secondary N) is 2. The van der Waals surface area contributed by atoms with E-state index in [-0.39, 0.29) is 17.9 Å². The Labute approximate surface area is 110 Å². The van der Waals surface area contributed by atoms with Gasteiger partial charge >= 0.3 is 6.18 Å². The van der Waals surface area contributed by atoms with E-state index in [9.17, 15) is 18.0 Å². The summed E-state index contributed by atoms with van der Waals surface area (Å²) in [5, 5.41) is 8.66. The highest BCUT2D eigenvalue weighted by molar-refractivity contribution is 5.97. The summed E-state index contributed by atoms with van der Waals surface area (Å²) >= 11 is 0. The fourth-order valence-electron chi connectivity index (χ4n) is 1.43. The molecule has 2 aromatic heterocycles. The minimum Gasteiger partial charge on any atom is -0.365 e. The predicted octanol–water partition coefficient (Wildman–Crippen LogP) is 0.929. The maximum Gasteiger partial charge on any atom is 0.433 e. The lowest BCUT2D eigenvalue weighted by Gasteiger charge is -2.11. The van der Waals surface area contributed by atoms with Crippen LogP contribution in [0.4, 0.5) is 19.0 Å². The Balaban J connectivity index is 2.29. The summed E-state index contributed by atoms with van der Waals surface area (Å²) in [4.78, 5) is 18.3. The minimum atomic E-state index is -4.61. The average Bonchev–Trinajstić information content (AvgIpc) is 2.87. The molecule has 2 rings (SSSR count). The Morgan fingerprint density at radius 3 is 2.70 bits per heavy atom. The molecule has 0 saturated carbocycles. The number of aromatic nitrogens is 4. The van der Waals surface area contributed by atoms with Crippen molar-refractivity contribution in [2.24, 2.45) is 5.73 Å². The number of hydrogen-bond acceptors (Lipinski definition) is 5. The van der Waals surface area contributed by atoms with Crippen LogP contribution in [0.2, 0.25) is 0 Å². The molecule has 0 aliphatic carbocycles. The van der Waals surface area contributed by atoms with Crippen LogP contribution in [0.5, 0.6) is 0 Å². The SMILES string of the molecule is NC(=O)c1ccc(C(F)(F)F)nc1NCc1ncn[nH]1. The second-order valence-electron chi connectivity index (χ2n) is 3.74. The van der Waals surface area contributed by atoms with Crippen LogP contribution in [0.3, 0.4) is 0 Å². The van der Waals surface area contributed by atoms with Crippen LogP contribution in [0.1, 0.15) is 21.9 Å². The normalized spacial score (nSPS) is 11.3. The first kappa shape index (κ1) is 13.8. The number of nitrogens with zero attached hydrogens (tertiary/aromatic N) is 3. The Morgan fingerprint density at radius 1 is 1.40 bits per heavy atom. The first-order valence-corrected chi connectivity index (χ1v) is 5.34. The molecular formula is C10H9F3N6O. The topological polar surface area (TPSA) is 110 Å². The van der Waals surface area contributed by atoms with Crippen LogP contribution < -0.4 is 11.1 Å². The number of H-pyrrole nitrogens is 1. The van der Waals surface area contributed by atoms with Gasteiger partial charge in [0.05, 0.1) is 12.1 Å². The number of alkyl halides is 3. The van der Waals surface area contributed by atoms with Crippen molar-refractivity contribution < 1.29 is 18.0 Å². The van der Waals surface area contributed by atoms with E-state index < -0.39 is 17.8 Å². The lowest BCUT2D eigenvalue weighted by atomic mass is 10.2. The van der Waals surface area contributed by atoms with Crippen molar-refractivity contribution >= 4 is 11.7 Å². The Hall–Kier alpha value is -2.65. The highest BCUT2D eigenvalue weighted by Gasteiger charge is 2.33. The molecule has 0 fully saturated rings. The molecule has 0 radical (unpaired) electrons. The van der Waals surface area contributed by atoms with Gasteiger partial charge in [0.2, 0.25) is 0 Å². The molecule has 0 aromatic carbocycles. The maximum atomic E-state index is 12.6. The number of primary amides is 1. The van der Waals surface area contributed by atoms with Crippen molar-refractivity contribution in [1.29, 1.82) is 0 Å². The van der Waals surface area contributed by atoms with Crippen LogP contribution in [0, 0.1) is 0 Å². The summed E-state index contributed by atoms with van der Waals surface area (Å²) in [5.41, 5.74) is 3.82.